The average molecular weight is 284 g/mol. The molecule has 0 aliphatic heterocycles. The fourth-order valence-corrected chi connectivity index (χ4v) is 2.02. The normalized spacial score (nSPS) is 14.6. The Morgan fingerprint density at radius 3 is 2.84 bits per heavy atom. The minimum Gasteiger partial charge on any atom is -0.491 e. The Bertz CT molecular complexity index is 394. The molecule has 0 saturated heterocycles. The van der Waals surface area contributed by atoms with Crippen molar-refractivity contribution in [3.8, 4) is 5.75 Å². The molecule has 1 fully saturated rings. The first-order valence-electron chi connectivity index (χ1n) is 7.02. The van der Waals surface area contributed by atoms with Gasteiger partial charge in [-0.1, -0.05) is 18.5 Å². The Labute approximate surface area is 120 Å². The van der Waals surface area contributed by atoms with E-state index >= 15 is 0 Å². The van der Waals surface area contributed by atoms with E-state index in [0.717, 1.165) is 35.9 Å². The molecule has 2 rings (SSSR count). The topological polar surface area (TPSA) is 30.5 Å². The minimum atomic E-state index is 0.581. The molecule has 1 N–H and O–H groups in total. The Morgan fingerprint density at radius 2 is 2.11 bits per heavy atom. The molecule has 1 aliphatic carbocycles. The smallest absolute Gasteiger partial charge is 0.124 e. The largest absolute Gasteiger partial charge is 0.491 e. The van der Waals surface area contributed by atoms with E-state index in [2.05, 4.69) is 12.2 Å². The van der Waals surface area contributed by atoms with Crippen molar-refractivity contribution in [1.82, 2.24) is 5.32 Å². The summed E-state index contributed by atoms with van der Waals surface area (Å²) < 4.78 is 11.2. The van der Waals surface area contributed by atoms with Crippen LogP contribution in [-0.2, 0) is 11.3 Å². The zero-order chi connectivity index (χ0) is 13.5. The molecule has 0 unspecified atom stereocenters. The highest BCUT2D eigenvalue weighted by atomic mass is 35.5. The van der Waals surface area contributed by atoms with Crippen molar-refractivity contribution in [2.45, 2.75) is 38.8 Å². The summed E-state index contributed by atoms with van der Waals surface area (Å²) in [6.45, 7) is 4.92. The molecule has 1 aromatic rings. The third-order valence-electron chi connectivity index (χ3n) is 3.01. The predicted octanol–water partition coefficient (Wildman–Crippen LogP) is 3.40. The molecular formula is C15H22ClNO2. The minimum absolute atomic E-state index is 0.581. The summed E-state index contributed by atoms with van der Waals surface area (Å²) in [6.07, 6.45) is 3.60. The van der Waals surface area contributed by atoms with Crippen LogP contribution in [-0.4, -0.2) is 25.9 Å². The van der Waals surface area contributed by atoms with E-state index in [1.807, 2.05) is 18.2 Å². The third kappa shape index (κ3) is 5.39. The van der Waals surface area contributed by atoms with Gasteiger partial charge in [0.15, 0.2) is 0 Å². The van der Waals surface area contributed by atoms with Gasteiger partial charge in [-0.2, -0.15) is 0 Å². The highest BCUT2D eigenvalue weighted by Gasteiger charge is 2.20. The Morgan fingerprint density at radius 1 is 1.26 bits per heavy atom. The molecule has 0 heterocycles. The second-order valence-corrected chi connectivity index (χ2v) is 5.30. The zero-order valence-corrected chi connectivity index (χ0v) is 12.2. The lowest BCUT2D eigenvalue weighted by Crippen LogP contribution is -2.16. The lowest BCUT2D eigenvalue weighted by Gasteiger charge is -2.12. The molecule has 0 bridgehead atoms. The second-order valence-electron chi connectivity index (χ2n) is 4.87. The number of nitrogens with one attached hydrogen (secondary N) is 1. The summed E-state index contributed by atoms with van der Waals surface area (Å²) >= 11 is 6.04. The van der Waals surface area contributed by atoms with Gasteiger partial charge in [-0.3, -0.25) is 0 Å². The molecule has 3 nitrogen and oxygen atoms in total. The number of rotatable bonds is 9. The highest BCUT2D eigenvalue weighted by Crippen LogP contribution is 2.25. The van der Waals surface area contributed by atoms with E-state index in [1.54, 1.807) is 0 Å². The van der Waals surface area contributed by atoms with Crippen molar-refractivity contribution in [2.24, 2.45) is 0 Å². The zero-order valence-electron chi connectivity index (χ0n) is 11.5. The van der Waals surface area contributed by atoms with Gasteiger partial charge in [0, 0.05) is 29.8 Å². The van der Waals surface area contributed by atoms with Crippen LogP contribution >= 0.6 is 11.6 Å². The fourth-order valence-electron chi connectivity index (χ4n) is 1.83. The molecule has 0 amide bonds. The standard InChI is InChI=1S/C15H22ClNO2/c1-2-7-18-8-9-19-15-6-3-13(16)10-12(15)11-17-14-4-5-14/h3,6,10,14,17H,2,4-5,7-9,11H2,1H3. The summed E-state index contributed by atoms with van der Waals surface area (Å²) in [6, 6.07) is 6.45. The molecule has 1 saturated carbocycles. The molecule has 1 aromatic carbocycles. The maximum atomic E-state index is 6.04. The van der Waals surface area contributed by atoms with Crippen molar-refractivity contribution in [1.29, 1.82) is 0 Å². The van der Waals surface area contributed by atoms with E-state index in [9.17, 15) is 0 Å². The molecule has 0 aromatic heterocycles. The Hall–Kier alpha value is -0.770. The summed E-state index contributed by atoms with van der Waals surface area (Å²) in [5.41, 5.74) is 1.12. The first-order valence-corrected chi connectivity index (χ1v) is 7.39. The Balaban J connectivity index is 1.82. The molecule has 4 heteroatoms. The maximum Gasteiger partial charge on any atom is 0.124 e. The number of halogens is 1. The van der Waals surface area contributed by atoms with Gasteiger partial charge in [-0.05, 0) is 37.5 Å². The first kappa shape index (κ1) is 14.6. The molecule has 19 heavy (non-hydrogen) atoms. The summed E-state index contributed by atoms with van der Waals surface area (Å²) in [5.74, 6) is 0.901. The van der Waals surface area contributed by atoms with Crippen LogP contribution in [0.2, 0.25) is 5.02 Å². The highest BCUT2D eigenvalue weighted by molar-refractivity contribution is 6.30. The predicted molar refractivity (Wildman–Crippen MR) is 77.9 cm³/mol. The molecule has 0 radical (unpaired) electrons. The maximum absolute atomic E-state index is 6.04. The summed E-state index contributed by atoms with van der Waals surface area (Å²) in [7, 11) is 0. The van der Waals surface area contributed by atoms with Crippen LogP contribution < -0.4 is 10.1 Å². The molecule has 106 valence electrons. The van der Waals surface area contributed by atoms with E-state index in [0.29, 0.717) is 19.3 Å². The first-order chi connectivity index (χ1) is 9.29. The van der Waals surface area contributed by atoms with E-state index in [-0.39, 0.29) is 0 Å². The number of benzene rings is 1. The number of ether oxygens (including phenoxy) is 2. The van der Waals surface area contributed by atoms with Crippen LogP contribution in [0.5, 0.6) is 5.75 Å². The van der Waals surface area contributed by atoms with Crippen molar-refractivity contribution < 1.29 is 9.47 Å². The molecule has 0 spiro atoms. The quantitative estimate of drug-likeness (QED) is 0.705. The van der Waals surface area contributed by atoms with Gasteiger partial charge in [0.1, 0.15) is 12.4 Å². The lowest BCUT2D eigenvalue weighted by atomic mass is 10.2. The SMILES string of the molecule is CCCOCCOc1ccc(Cl)cc1CNC1CC1. The summed E-state index contributed by atoms with van der Waals surface area (Å²) in [4.78, 5) is 0. The van der Waals surface area contributed by atoms with Crippen molar-refractivity contribution in [3.63, 3.8) is 0 Å². The lowest BCUT2D eigenvalue weighted by molar-refractivity contribution is 0.100. The number of hydrogen-bond donors (Lipinski definition) is 1. The van der Waals surface area contributed by atoms with E-state index < -0.39 is 0 Å². The van der Waals surface area contributed by atoms with Crippen LogP contribution in [0.1, 0.15) is 31.7 Å². The third-order valence-corrected chi connectivity index (χ3v) is 3.25. The van der Waals surface area contributed by atoms with Crippen LogP contribution in [0.15, 0.2) is 18.2 Å². The Kier molecular flexibility index (Phi) is 5.95. The van der Waals surface area contributed by atoms with Crippen LogP contribution in [0.3, 0.4) is 0 Å². The van der Waals surface area contributed by atoms with Gasteiger partial charge in [0.25, 0.3) is 0 Å². The van der Waals surface area contributed by atoms with Gasteiger partial charge in [-0.15, -0.1) is 0 Å². The van der Waals surface area contributed by atoms with Gasteiger partial charge in [0.2, 0.25) is 0 Å². The van der Waals surface area contributed by atoms with Crippen LogP contribution in [0, 0.1) is 0 Å². The van der Waals surface area contributed by atoms with E-state index in [4.69, 9.17) is 21.1 Å². The molecular weight excluding hydrogens is 262 g/mol. The van der Waals surface area contributed by atoms with Crippen molar-refractivity contribution in [2.75, 3.05) is 19.8 Å². The van der Waals surface area contributed by atoms with Crippen LogP contribution in [0.4, 0.5) is 0 Å². The fraction of sp³-hybridized carbons (Fsp3) is 0.600. The van der Waals surface area contributed by atoms with Crippen LogP contribution in [0.25, 0.3) is 0 Å². The average Bonchev–Trinajstić information content (AvgIpc) is 3.22. The van der Waals surface area contributed by atoms with Gasteiger partial charge in [-0.25, -0.2) is 0 Å². The number of hydrogen-bond acceptors (Lipinski definition) is 3. The van der Waals surface area contributed by atoms with Gasteiger partial charge < -0.3 is 14.8 Å². The van der Waals surface area contributed by atoms with Gasteiger partial charge >= 0.3 is 0 Å². The summed E-state index contributed by atoms with van der Waals surface area (Å²) in [5, 5.41) is 4.23. The monoisotopic (exact) mass is 283 g/mol. The molecule has 0 atom stereocenters. The van der Waals surface area contributed by atoms with E-state index in [1.165, 1.54) is 12.8 Å². The molecule has 1 aliphatic rings. The van der Waals surface area contributed by atoms with Crippen molar-refractivity contribution >= 4 is 11.6 Å². The van der Waals surface area contributed by atoms with Gasteiger partial charge in [0.05, 0.1) is 6.61 Å². The second kappa shape index (κ2) is 7.73. The van der Waals surface area contributed by atoms with Crippen molar-refractivity contribution in [3.05, 3.63) is 28.8 Å².